The van der Waals surface area contributed by atoms with Crippen LogP contribution in [0.1, 0.15) is 38.2 Å². The first-order valence-electron chi connectivity index (χ1n) is 6.50. The van der Waals surface area contributed by atoms with Crippen LogP contribution in [0.5, 0.6) is 0 Å². The molecule has 1 fully saturated rings. The molecule has 0 saturated carbocycles. The van der Waals surface area contributed by atoms with E-state index in [1.807, 2.05) is 0 Å². The molecule has 1 N–H and O–H groups in total. The Kier molecular flexibility index (Phi) is 4.78. The molecule has 100 valence electrons. The molecule has 1 aliphatic rings. The second kappa shape index (κ2) is 6.34. The predicted molar refractivity (Wildman–Crippen MR) is 73.2 cm³/mol. The van der Waals surface area contributed by atoms with E-state index in [9.17, 15) is 0 Å². The molecule has 5 heteroatoms. The Balaban J connectivity index is 1.93. The largest absolute Gasteiger partial charge is 0.381 e. The number of rotatable bonds is 5. The van der Waals surface area contributed by atoms with Crippen LogP contribution in [-0.2, 0) is 4.74 Å². The highest BCUT2D eigenvalue weighted by Crippen LogP contribution is 2.28. The molecule has 0 bridgehead atoms. The van der Waals surface area contributed by atoms with E-state index in [1.165, 1.54) is 12.7 Å². The Morgan fingerprint density at radius 2 is 2.33 bits per heavy atom. The van der Waals surface area contributed by atoms with E-state index in [1.54, 1.807) is 0 Å². The third-order valence-electron chi connectivity index (χ3n) is 3.28. The van der Waals surface area contributed by atoms with Crippen molar-refractivity contribution < 1.29 is 4.74 Å². The molecule has 1 unspecified atom stereocenters. The summed E-state index contributed by atoms with van der Waals surface area (Å²) in [4.78, 5) is 8.33. The molecular formula is C13H20ClN3O. The van der Waals surface area contributed by atoms with Crippen molar-refractivity contribution in [3.63, 3.8) is 0 Å². The third-order valence-corrected chi connectivity index (χ3v) is 3.58. The van der Waals surface area contributed by atoms with Crippen LogP contribution in [0.2, 0.25) is 5.15 Å². The van der Waals surface area contributed by atoms with Crippen LogP contribution < -0.4 is 5.32 Å². The monoisotopic (exact) mass is 269 g/mol. The number of hydrogen-bond donors (Lipinski definition) is 1. The number of anilines is 1. The summed E-state index contributed by atoms with van der Waals surface area (Å²) in [5, 5.41) is 3.92. The van der Waals surface area contributed by atoms with Gasteiger partial charge in [0.05, 0.1) is 0 Å². The SMILES string of the molecule is CC(C)c1c(Cl)ncnc1NCCC1CCOC1. The summed E-state index contributed by atoms with van der Waals surface area (Å²) in [6, 6.07) is 0. The number of nitrogens with zero attached hydrogens (tertiary/aromatic N) is 2. The van der Waals surface area contributed by atoms with Crippen molar-refractivity contribution in [3.05, 3.63) is 17.0 Å². The molecule has 0 radical (unpaired) electrons. The first kappa shape index (κ1) is 13.6. The number of nitrogens with one attached hydrogen (secondary N) is 1. The van der Waals surface area contributed by atoms with E-state index in [-0.39, 0.29) is 0 Å². The zero-order valence-electron chi connectivity index (χ0n) is 10.9. The summed E-state index contributed by atoms with van der Waals surface area (Å²) in [6.07, 6.45) is 3.79. The molecule has 18 heavy (non-hydrogen) atoms. The highest BCUT2D eigenvalue weighted by Gasteiger charge is 2.16. The zero-order chi connectivity index (χ0) is 13.0. The van der Waals surface area contributed by atoms with Gasteiger partial charge in [0.2, 0.25) is 0 Å². The molecule has 1 aromatic rings. The van der Waals surface area contributed by atoms with Gasteiger partial charge in [0.1, 0.15) is 17.3 Å². The van der Waals surface area contributed by atoms with Crippen LogP contribution in [0, 0.1) is 5.92 Å². The van der Waals surface area contributed by atoms with Crippen molar-refractivity contribution in [1.82, 2.24) is 9.97 Å². The Morgan fingerprint density at radius 1 is 1.50 bits per heavy atom. The minimum absolute atomic E-state index is 0.316. The van der Waals surface area contributed by atoms with Crippen LogP contribution in [-0.4, -0.2) is 29.7 Å². The summed E-state index contributed by atoms with van der Waals surface area (Å²) >= 11 is 6.12. The van der Waals surface area contributed by atoms with Crippen molar-refractivity contribution >= 4 is 17.4 Å². The molecule has 1 aromatic heterocycles. The van der Waals surface area contributed by atoms with Gasteiger partial charge >= 0.3 is 0 Å². The summed E-state index contributed by atoms with van der Waals surface area (Å²) in [6.45, 7) is 6.90. The second-order valence-electron chi connectivity index (χ2n) is 5.03. The Bertz CT molecular complexity index is 392. The lowest BCUT2D eigenvalue weighted by Crippen LogP contribution is -2.12. The minimum Gasteiger partial charge on any atom is -0.381 e. The molecular weight excluding hydrogens is 250 g/mol. The zero-order valence-corrected chi connectivity index (χ0v) is 11.7. The lowest BCUT2D eigenvalue weighted by molar-refractivity contribution is 0.185. The fourth-order valence-electron chi connectivity index (χ4n) is 2.23. The molecule has 0 aromatic carbocycles. The van der Waals surface area contributed by atoms with Gasteiger partial charge in [-0.15, -0.1) is 0 Å². The summed E-state index contributed by atoms with van der Waals surface area (Å²) < 4.78 is 5.37. The van der Waals surface area contributed by atoms with Gasteiger partial charge in [-0.25, -0.2) is 9.97 Å². The van der Waals surface area contributed by atoms with E-state index in [4.69, 9.17) is 16.3 Å². The maximum Gasteiger partial charge on any atom is 0.138 e. The van der Waals surface area contributed by atoms with Gasteiger partial charge in [-0.05, 0) is 24.7 Å². The van der Waals surface area contributed by atoms with Gasteiger partial charge in [-0.1, -0.05) is 25.4 Å². The Labute approximate surface area is 113 Å². The molecule has 1 atom stereocenters. The van der Waals surface area contributed by atoms with Gasteiger partial charge in [0.15, 0.2) is 0 Å². The number of aromatic nitrogens is 2. The van der Waals surface area contributed by atoms with Gasteiger partial charge < -0.3 is 10.1 Å². The van der Waals surface area contributed by atoms with Crippen molar-refractivity contribution in [2.24, 2.45) is 5.92 Å². The van der Waals surface area contributed by atoms with E-state index in [0.29, 0.717) is 17.0 Å². The van der Waals surface area contributed by atoms with E-state index in [2.05, 4.69) is 29.1 Å². The topological polar surface area (TPSA) is 47.0 Å². The number of ether oxygens (including phenoxy) is 1. The first-order valence-corrected chi connectivity index (χ1v) is 6.88. The fraction of sp³-hybridized carbons (Fsp3) is 0.692. The van der Waals surface area contributed by atoms with Crippen molar-refractivity contribution in [1.29, 1.82) is 0 Å². The number of halogens is 1. The molecule has 0 aliphatic carbocycles. The quantitative estimate of drug-likeness (QED) is 0.835. The van der Waals surface area contributed by atoms with E-state index < -0.39 is 0 Å². The van der Waals surface area contributed by atoms with E-state index >= 15 is 0 Å². The smallest absolute Gasteiger partial charge is 0.138 e. The summed E-state index contributed by atoms with van der Waals surface area (Å²) in [5.74, 6) is 1.86. The van der Waals surface area contributed by atoms with Gasteiger partial charge in [-0.2, -0.15) is 0 Å². The first-order chi connectivity index (χ1) is 8.68. The van der Waals surface area contributed by atoms with Gasteiger partial charge in [0.25, 0.3) is 0 Å². The Morgan fingerprint density at radius 3 is 3.00 bits per heavy atom. The van der Waals surface area contributed by atoms with E-state index in [0.717, 1.165) is 37.6 Å². The van der Waals surface area contributed by atoms with Crippen LogP contribution in [0.4, 0.5) is 5.82 Å². The second-order valence-corrected chi connectivity index (χ2v) is 5.38. The molecule has 1 aliphatic heterocycles. The van der Waals surface area contributed by atoms with Gasteiger partial charge in [-0.3, -0.25) is 0 Å². The molecule has 4 nitrogen and oxygen atoms in total. The van der Waals surface area contributed by atoms with Crippen LogP contribution >= 0.6 is 11.6 Å². The molecule has 0 spiro atoms. The van der Waals surface area contributed by atoms with Crippen molar-refractivity contribution in [2.45, 2.75) is 32.6 Å². The van der Waals surface area contributed by atoms with Gasteiger partial charge in [0, 0.05) is 25.3 Å². The standard InChI is InChI=1S/C13H20ClN3O/c1-9(2)11-12(14)16-8-17-13(11)15-5-3-10-4-6-18-7-10/h8-10H,3-7H2,1-2H3,(H,15,16,17). The summed E-state index contributed by atoms with van der Waals surface area (Å²) in [7, 11) is 0. The number of hydrogen-bond acceptors (Lipinski definition) is 4. The highest BCUT2D eigenvalue weighted by molar-refractivity contribution is 6.30. The lowest BCUT2D eigenvalue weighted by Gasteiger charge is -2.15. The van der Waals surface area contributed by atoms with Crippen LogP contribution in [0.25, 0.3) is 0 Å². The highest BCUT2D eigenvalue weighted by atomic mass is 35.5. The average Bonchev–Trinajstić information content (AvgIpc) is 2.81. The predicted octanol–water partition coefficient (Wildman–Crippen LogP) is 3.09. The van der Waals surface area contributed by atoms with Crippen LogP contribution in [0.15, 0.2) is 6.33 Å². The Hall–Kier alpha value is -0.870. The molecule has 2 rings (SSSR count). The maximum atomic E-state index is 6.12. The summed E-state index contributed by atoms with van der Waals surface area (Å²) in [5.41, 5.74) is 1.00. The molecule has 1 saturated heterocycles. The molecule has 0 amide bonds. The van der Waals surface area contributed by atoms with Crippen molar-refractivity contribution in [2.75, 3.05) is 25.1 Å². The van der Waals surface area contributed by atoms with Crippen LogP contribution in [0.3, 0.4) is 0 Å². The normalized spacial score (nSPS) is 19.4. The third kappa shape index (κ3) is 3.33. The maximum absolute atomic E-state index is 6.12. The molecule has 2 heterocycles. The lowest BCUT2D eigenvalue weighted by atomic mass is 10.0. The minimum atomic E-state index is 0.316. The fourth-order valence-corrected chi connectivity index (χ4v) is 2.58. The average molecular weight is 270 g/mol. The van der Waals surface area contributed by atoms with Crippen molar-refractivity contribution in [3.8, 4) is 0 Å².